The SMILES string of the molecule is CCN(CC)S(=O)(=O)c1ccc(C)c(NC(=O)C2=NN(C3CCS(=O)(=O)C3)C(=O)CC2)c1. The Morgan fingerprint density at radius 3 is 2.53 bits per heavy atom. The molecular weight excluding hydrogens is 456 g/mol. The van der Waals surface area contributed by atoms with Crippen LogP contribution in [0.5, 0.6) is 0 Å². The lowest BCUT2D eigenvalue weighted by Crippen LogP contribution is -2.42. The maximum absolute atomic E-state index is 12.9. The van der Waals surface area contributed by atoms with Crippen LogP contribution >= 0.6 is 0 Å². The van der Waals surface area contributed by atoms with E-state index in [0.29, 0.717) is 24.3 Å². The molecule has 0 saturated carbocycles. The van der Waals surface area contributed by atoms with Gasteiger partial charge in [0.25, 0.3) is 5.91 Å². The molecule has 1 atom stereocenters. The zero-order valence-corrected chi connectivity index (χ0v) is 20.0. The third-order valence-corrected chi connectivity index (χ3v) is 9.47. The van der Waals surface area contributed by atoms with Gasteiger partial charge in [-0.05, 0) is 31.0 Å². The molecule has 2 heterocycles. The molecule has 3 rings (SSSR count). The Morgan fingerprint density at radius 1 is 1.25 bits per heavy atom. The molecule has 1 saturated heterocycles. The van der Waals surface area contributed by atoms with Gasteiger partial charge in [-0.25, -0.2) is 21.8 Å². The first-order valence-electron chi connectivity index (χ1n) is 10.5. The summed E-state index contributed by atoms with van der Waals surface area (Å²) in [5.41, 5.74) is 1.10. The highest BCUT2D eigenvalue weighted by molar-refractivity contribution is 7.91. The second kappa shape index (κ2) is 9.28. The van der Waals surface area contributed by atoms with Crippen LogP contribution in [-0.2, 0) is 29.4 Å². The van der Waals surface area contributed by atoms with Crippen molar-refractivity contribution in [1.29, 1.82) is 0 Å². The topological polar surface area (TPSA) is 133 Å². The molecular formula is C20H28N4O6S2. The van der Waals surface area contributed by atoms with Gasteiger partial charge in [0, 0.05) is 31.6 Å². The monoisotopic (exact) mass is 484 g/mol. The molecule has 0 bridgehead atoms. The quantitative estimate of drug-likeness (QED) is 0.617. The number of hydrazone groups is 1. The van der Waals surface area contributed by atoms with Crippen molar-refractivity contribution in [2.45, 2.75) is 51.0 Å². The van der Waals surface area contributed by atoms with E-state index in [1.165, 1.54) is 16.4 Å². The van der Waals surface area contributed by atoms with E-state index < -0.39 is 31.8 Å². The van der Waals surface area contributed by atoms with E-state index in [4.69, 9.17) is 0 Å². The molecule has 1 N–H and O–H groups in total. The number of nitrogens with one attached hydrogen (secondary N) is 1. The normalized spacial score (nSPS) is 21.0. The maximum atomic E-state index is 12.9. The Labute approximate surface area is 188 Å². The van der Waals surface area contributed by atoms with Gasteiger partial charge in [-0.3, -0.25) is 9.59 Å². The van der Waals surface area contributed by atoms with Crippen LogP contribution in [0.2, 0.25) is 0 Å². The number of carbonyl (C=O) groups excluding carboxylic acids is 2. The summed E-state index contributed by atoms with van der Waals surface area (Å²) in [7, 11) is -6.91. The van der Waals surface area contributed by atoms with Crippen molar-refractivity contribution < 1.29 is 26.4 Å². The molecule has 176 valence electrons. The molecule has 2 amide bonds. The lowest BCUT2D eigenvalue weighted by molar-refractivity contribution is -0.133. The summed E-state index contributed by atoms with van der Waals surface area (Å²) in [4.78, 5) is 25.2. The molecule has 2 aliphatic rings. The Morgan fingerprint density at radius 2 is 1.94 bits per heavy atom. The van der Waals surface area contributed by atoms with E-state index in [1.54, 1.807) is 26.8 Å². The van der Waals surface area contributed by atoms with Gasteiger partial charge in [-0.1, -0.05) is 19.9 Å². The van der Waals surface area contributed by atoms with Gasteiger partial charge in [0.1, 0.15) is 5.71 Å². The summed E-state index contributed by atoms with van der Waals surface area (Å²) in [5, 5.41) is 7.98. The smallest absolute Gasteiger partial charge is 0.271 e. The molecule has 0 spiro atoms. The Balaban J connectivity index is 1.84. The minimum Gasteiger partial charge on any atom is -0.321 e. The predicted octanol–water partition coefficient (Wildman–Crippen LogP) is 1.13. The number of amides is 2. The van der Waals surface area contributed by atoms with Gasteiger partial charge in [0.15, 0.2) is 9.84 Å². The van der Waals surface area contributed by atoms with Crippen LogP contribution < -0.4 is 5.32 Å². The molecule has 1 unspecified atom stereocenters. The number of hydrogen-bond donors (Lipinski definition) is 1. The molecule has 0 radical (unpaired) electrons. The number of rotatable bonds is 7. The van der Waals surface area contributed by atoms with Gasteiger partial charge in [0.05, 0.1) is 22.4 Å². The van der Waals surface area contributed by atoms with Crippen molar-refractivity contribution >= 4 is 43.1 Å². The van der Waals surface area contributed by atoms with Crippen LogP contribution in [0, 0.1) is 6.92 Å². The first-order chi connectivity index (χ1) is 15.0. The Bertz CT molecular complexity index is 1160. The van der Waals surface area contributed by atoms with Crippen LogP contribution in [0.3, 0.4) is 0 Å². The maximum Gasteiger partial charge on any atom is 0.271 e. The Kier molecular flexibility index (Phi) is 7.06. The van der Waals surface area contributed by atoms with Crippen molar-refractivity contribution in [3.05, 3.63) is 23.8 Å². The van der Waals surface area contributed by atoms with E-state index in [2.05, 4.69) is 10.4 Å². The van der Waals surface area contributed by atoms with Gasteiger partial charge >= 0.3 is 0 Å². The first-order valence-corrected chi connectivity index (χ1v) is 13.8. The third kappa shape index (κ3) is 5.02. The predicted molar refractivity (Wildman–Crippen MR) is 120 cm³/mol. The van der Waals surface area contributed by atoms with Gasteiger partial charge in [-0.15, -0.1) is 0 Å². The van der Waals surface area contributed by atoms with Crippen LogP contribution in [0.1, 0.15) is 38.7 Å². The van der Waals surface area contributed by atoms with Crippen molar-refractivity contribution in [2.75, 3.05) is 29.9 Å². The number of benzene rings is 1. The standard InChI is InChI=1S/C20H28N4O6S2/c1-4-23(5-2)32(29,30)16-7-6-14(3)18(12-16)21-20(26)17-8-9-19(25)24(22-17)15-10-11-31(27,28)13-15/h6-7,12,15H,4-5,8-11,13H2,1-3H3,(H,21,26). The molecule has 1 aromatic rings. The van der Waals surface area contributed by atoms with Crippen LogP contribution in [0.4, 0.5) is 5.69 Å². The lowest BCUT2D eigenvalue weighted by Gasteiger charge is -2.27. The summed E-state index contributed by atoms with van der Waals surface area (Å²) < 4.78 is 50.5. The number of anilines is 1. The summed E-state index contributed by atoms with van der Waals surface area (Å²) in [6, 6.07) is 3.96. The van der Waals surface area contributed by atoms with E-state index in [1.807, 2.05) is 0 Å². The van der Waals surface area contributed by atoms with E-state index in [9.17, 15) is 26.4 Å². The van der Waals surface area contributed by atoms with Gasteiger partial charge in [0.2, 0.25) is 15.9 Å². The zero-order valence-electron chi connectivity index (χ0n) is 18.4. The van der Waals surface area contributed by atoms with Crippen molar-refractivity contribution in [3.63, 3.8) is 0 Å². The van der Waals surface area contributed by atoms with E-state index in [-0.39, 0.29) is 47.3 Å². The average Bonchev–Trinajstić information content (AvgIpc) is 3.10. The van der Waals surface area contributed by atoms with E-state index in [0.717, 1.165) is 5.01 Å². The molecule has 1 aromatic carbocycles. The highest BCUT2D eigenvalue weighted by Crippen LogP contribution is 2.25. The number of hydrogen-bond acceptors (Lipinski definition) is 7. The molecule has 2 aliphatic heterocycles. The second-order valence-corrected chi connectivity index (χ2v) is 12.0. The molecule has 32 heavy (non-hydrogen) atoms. The highest BCUT2D eigenvalue weighted by Gasteiger charge is 2.37. The fourth-order valence-electron chi connectivity index (χ4n) is 3.79. The molecule has 12 heteroatoms. The largest absolute Gasteiger partial charge is 0.321 e. The molecule has 0 aromatic heterocycles. The molecule has 10 nitrogen and oxygen atoms in total. The second-order valence-electron chi connectivity index (χ2n) is 7.86. The van der Waals surface area contributed by atoms with Crippen molar-refractivity contribution in [3.8, 4) is 0 Å². The number of sulfonamides is 1. The van der Waals surface area contributed by atoms with Crippen LogP contribution in [0.25, 0.3) is 0 Å². The molecule has 1 fully saturated rings. The number of sulfone groups is 1. The summed E-state index contributed by atoms with van der Waals surface area (Å²) >= 11 is 0. The van der Waals surface area contributed by atoms with Crippen molar-refractivity contribution in [2.24, 2.45) is 5.10 Å². The van der Waals surface area contributed by atoms with Gasteiger partial charge in [-0.2, -0.15) is 9.41 Å². The lowest BCUT2D eigenvalue weighted by atomic mass is 10.1. The zero-order chi connectivity index (χ0) is 23.7. The Hall–Kier alpha value is -2.31. The van der Waals surface area contributed by atoms with E-state index >= 15 is 0 Å². The van der Waals surface area contributed by atoms with Crippen LogP contribution in [-0.4, -0.2) is 74.3 Å². The minimum absolute atomic E-state index is 0.00844. The number of nitrogens with zero attached hydrogens (tertiary/aromatic N) is 3. The number of aryl methyl sites for hydroxylation is 1. The fraction of sp³-hybridized carbons (Fsp3) is 0.550. The van der Waals surface area contributed by atoms with Gasteiger partial charge < -0.3 is 5.32 Å². The first kappa shape index (κ1) is 24.3. The molecule has 0 aliphatic carbocycles. The number of carbonyl (C=O) groups is 2. The summed E-state index contributed by atoms with van der Waals surface area (Å²) in [5.74, 6) is -1.04. The summed E-state index contributed by atoms with van der Waals surface area (Å²) in [6.07, 6.45) is 0.464. The minimum atomic E-state index is -3.70. The fourth-order valence-corrected chi connectivity index (χ4v) is 6.97. The summed E-state index contributed by atoms with van der Waals surface area (Å²) in [6.45, 7) is 5.90. The highest BCUT2D eigenvalue weighted by atomic mass is 32.2. The average molecular weight is 485 g/mol. The van der Waals surface area contributed by atoms with Crippen LogP contribution in [0.15, 0.2) is 28.2 Å². The third-order valence-electron chi connectivity index (χ3n) is 5.68. The van der Waals surface area contributed by atoms with Crippen molar-refractivity contribution in [1.82, 2.24) is 9.31 Å².